The zero-order valence-corrected chi connectivity index (χ0v) is 13.6. The SMILES string of the molecule is Cc1cc(C(F)(F)F)nc(CCNC(=O)C[C@H]2C=CS(=O)(=O)C2)n1. The summed E-state index contributed by atoms with van der Waals surface area (Å²) in [6, 6.07) is 0.856. The standard InChI is InChI=1S/C14H16F3N3O3S/c1-9-6-11(14(15,16)17)20-12(19-9)2-4-18-13(21)7-10-3-5-24(22,23)8-10/h3,5-6,10H,2,4,7-8H2,1H3,(H,18,21)/t10-/m1/s1. The minimum absolute atomic E-state index is 0.00837. The lowest BCUT2D eigenvalue weighted by Gasteiger charge is -2.10. The van der Waals surface area contributed by atoms with E-state index in [4.69, 9.17) is 0 Å². The Kier molecular flexibility index (Phi) is 5.26. The fourth-order valence-electron chi connectivity index (χ4n) is 2.28. The fraction of sp³-hybridized carbons (Fsp3) is 0.500. The lowest BCUT2D eigenvalue weighted by Crippen LogP contribution is -2.28. The third-order valence-electron chi connectivity index (χ3n) is 3.31. The monoisotopic (exact) mass is 363 g/mol. The number of amides is 1. The molecule has 0 aliphatic carbocycles. The molecular weight excluding hydrogens is 347 g/mol. The Morgan fingerprint density at radius 2 is 2.08 bits per heavy atom. The number of nitrogens with zero attached hydrogens (tertiary/aromatic N) is 2. The summed E-state index contributed by atoms with van der Waals surface area (Å²) in [4.78, 5) is 19.1. The van der Waals surface area contributed by atoms with Crippen molar-refractivity contribution in [3.05, 3.63) is 34.8 Å². The van der Waals surface area contributed by atoms with E-state index in [1.165, 1.54) is 13.0 Å². The van der Waals surface area contributed by atoms with Gasteiger partial charge in [0.2, 0.25) is 5.91 Å². The molecule has 1 N–H and O–H groups in total. The summed E-state index contributed by atoms with van der Waals surface area (Å²) in [7, 11) is -3.22. The van der Waals surface area contributed by atoms with Crippen molar-refractivity contribution in [1.82, 2.24) is 15.3 Å². The molecule has 10 heteroatoms. The van der Waals surface area contributed by atoms with E-state index in [-0.39, 0.29) is 48.5 Å². The van der Waals surface area contributed by atoms with Crippen LogP contribution in [-0.4, -0.2) is 36.6 Å². The van der Waals surface area contributed by atoms with Crippen molar-refractivity contribution >= 4 is 15.7 Å². The first-order chi connectivity index (χ1) is 11.0. The predicted octanol–water partition coefficient (Wildman–Crippen LogP) is 1.41. The predicted molar refractivity (Wildman–Crippen MR) is 79.5 cm³/mol. The number of aryl methyl sites for hydroxylation is 1. The molecular formula is C14H16F3N3O3S. The van der Waals surface area contributed by atoms with Gasteiger partial charge in [0.05, 0.1) is 5.75 Å². The van der Waals surface area contributed by atoms with E-state index in [0.29, 0.717) is 0 Å². The number of carbonyl (C=O) groups is 1. The minimum atomic E-state index is -4.55. The van der Waals surface area contributed by atoms with E-state index in [9.17, 15) is 26.4 Å². The second-order valence-corrected chi connectivity index (χ2v) is 7.46. The maximum absolute atomic E-state index is 12.7. The molecule has 0 saturated heterocycles. The Hall–Kier alpha value is -1.97. The van der Waals surface area contributed by atoms with Crippen LogP contribution >= 0.6 is 0 Å². The van der Waals surface area contributed by atoms with Crippen molar-refractivity contribution in [2.45, 2.75) is 25.9 Å². The highest BCUT2D eigenvalue weighted by molar-refractivity contribution is 7.94. The van der Waals surface area contributed by atoms with Crippen LogP contribution in [0.3, 0.4) is 0 Å². The van der Waals surface area contributed by atoms with Gasteiger partial charge in [-0.25, -0.2) is 18.4 Å². The molecule has 0 fully saturated rings. The van der Waals surface area contributed by atoms with Crippen LogP contribution in [0.15, 0.2) is 17.6 Å². The number of hydrogen-bond acceptors (Lipinski definition) is 5. The second kappa shape index (κ2) is 6.88. The first-order valence-corrected chi connectivity index (χ1v) is 8.86. The van der Waals surface area contributed by atoms with Gasteiger partial charge in [0.1, 0.15) is 11.5 Å². The van der Waals surface area contributed by atoms with Crippen LogP contribution in [0.1, 0.15) is 23.6 Å². The first kappa shape index (κ1) is 18.4. The quantitative estimate of drug-likeness (QED) is 0.854. The van der Waals surface area contributed by atoms with Gasteiger partial charge in [-0.1, -0.05) is 6.08 Å². The molecule has 1 aromatic heterocycles. The Balaban J connectivity index is 1.85. The van der Waals surface area contributed by atoms with Crippen LogP contribution < -0.4 is 5.32 Å². The van der Waals surface area contributed by atoms with E-state index in [0.717, 1.165) is 11.5 Å². The summed E-state index contributed by atoms with van der Waals surface area (Å²) in [5, 5.41) is 3.62. The highest BCUT2D eigenvalue weighted by atomic mass is 32.2. The van der Waals surface area contributed by atoms with Gasteiger partial charge in [-0.2, -0.15) is 13.2 Å². The van der Waals surface area contributed by atoms with Gasteiger partial charge in [0.15, 0.2) is 9.84 Å². The number of allylic oxidation sites excluding steroid dienone is 1. The van der Waals surface area contributed by atoms with Crippen LogP contribution in [-0.2, 0) is 27.2 Å². The van der Waals surface area contributed by atoms with Crippen molar-refractivity contribution in [2.75, 3.05) is 12.3 Å². The zero-order chi connectivity index (χ0) is 18.0. The van der Waals surface area contributed by atoms with E-state index >= 15 is 0 Å². The average molecular weight is 363 g/mol. The fourth-order valence-corrected chi connectivity index (χ4v) is 3.68. The third-order valence-corrected chi connectivity index (χ3v) is 4.78. The van der Waals surface area contributed by atoms with Gasteiger partial charge in [-0.3, -0.25) is 4.79 Å². The van der Waals surface area contributed by atoms with Gasteiger partial charge >= 0.3 is 6.18 Å². The van der Waals surface area contributed by atoms with E-state index < -0.39 is 21.7 Å². The van der Waals surface area contributed by atoms with Crippen molar-refractivity contribution in [2.24, 2.45) is 5.92 Å². The van der Waals surface area contributed by atoms with Gasteiger partial charge in [-0.05, 0) is 13.0 Å². The topological polar surface area (TPSA) is 89.0 Å². The molecule has 1 atom stereocenters. The number of carbonyl (C=O) groups excluding carboxylic acids is 1. The molecule has 1 amide bonds. The molecule has 24 heavy (non-hydrogen) atoms. The van der Waals surface area contributed by atoms with Gasteiger partial charge in [0.25, 0.3) is 0 Å². The van der Waals surface area contributed by atoms with Crippen LogP contribution in [0.25, 0.3) is 0 Å². The summed E-state index contributed by atoms with van der Waals surface area (Å²) < 4.78 is 60.5. The van der Waals surface area contributed by atoms with Crippen molar-refractivity contribution in [3.8, 4) is 0 Å². The number of halogens is 3. The molecule has 0 bridgehead atoms. The van der Waals surface area contributed by atoms with Gasteiger partial charge in [0, 0.05) is 36.4 Å². The molecule has 2 rings (SSSR count). The Labute approximate surface area is 137 Å². The molecule has 0 aromatic carbocycles. The Morgan fingerprint density at radius 3 is 2.67 bits per heavy atom. The number of nitrogens with one attached hydrogen (secondary N) is 1. The molecule has 0 unspecified atom stereocenters. The number of sulfone groups is 1. The molecule has 132 valence electrons. The second-order valence-electron chi connectivity index (χ2n) is 5.53. The highest BCUT2D eigenvalue weighted by Gasteiger charge is 2.33. The third kappa shape index (κ3) is 5.29. The summed E-state index contributed by atoms with van der Waals surface area (Å²) in [5.74, 6) is -0.852. The van der Waals surface area contributed by atoms with Crippen molar-refractivity contribution < 1.29 is 26.4 Å². The van der Waals surface area contributed by atoms with Gasteiger partial charge < -0.3 is 5.32 Å². The van der Waals surface area contributed by atoms with E-state index in [1.54, 1.807) is 0 Å². The zero-order valence-electron chi connectivity index (χ0n) is 12.8. The van der Waals surface area contributed by atoms with Gasteiger partial charge in [-0.15, -0.1) is 0 Å². The first-order valence-electron chi connectivity index (χ1n) is 7.14. The molecule has 0 spiro atoms. The molecule has 2 heterocycles. The van der Waals surface area contributed by atoms with Crippen LogP contribution in [0.4, 0.5) is 13.2 Å². The average Bonchev–Trinajstić information content (AvgIpc) is 2.76. The molecule has 1 aromatic rings. The van der Waals surface area contributed by atoms with Crippen LogP contribution in [0.5, 0.6) is 0 Å². The Morgan fingerprint density at radius 1 is 1.38 bits per heavy atom. The molecule has 1 aliphatic rings. The Bertz CT molecular complexity index is 760. The van der Waals surface area contributed by atoms with E-state index in [1.807, 2.05) is 0 Å². The number of aromatic nitrogens is 2. The maximum Gasteiger partial charge on any atom is 0.433 e. The molecule has 1 aliphatic heterocycles. The number of rotatable bonds is 5. The largest absolute Gasteiger partial charge is 0.433 e. The molecule has 0 radical (unpaired) electrons. The summed E-state index contributed by atoms with van der Waals surface area (Å²) in [5.41, 5.74) is -0.822. The van der Waals surface area contributed by atoms with Crippen molar-refractivity contribution in [1.29, 1.82) is 0 Å². The van der Waals surface area contributed by atoms with E-state index in [2.05, 4.69) is 15.3 Å². The number of alkyl halides is 3. The van der Waals surface area contributed by atoms with Crippen LogP contribution in [0, 0.1) is 12.8 Å². The van der Waals surface area contributed by atoms with Crippen molar-refractivity contribution in [3.63, 3.8) is 0 Å². The normalized spacial score (nSPS) is 19.4. The number of hydrogen-bond donors (Lipinski definition) is 1. The summed E-state index contributed by atoms with van der Waals surface area (Å²) >= 11 is 0. The smallest absolute Gasteiger partial charge is 0.356 e. The molecule has 6 nitrogen and oxygen atoms in total. The lowest BCUT2D eigenvalue weighted by molar-refractivity contribution is -0.141. The maximum atomic E-state index is 12.7. The molecule has 0 saturated carbocycles. The minimum Gasteiger partial charge on any atom is -0.356 e. The summed E-state index contributed by atoms with van der Waals surface area (Å²) in [6.07, 6.45) is -3.02. The lowest BCUT2D eigenvalue weighted by atomic mass is 10.1. The highest BCUT2D eigenvalue weighted by Crippen LogP contribution is 2.27. The summed E-state index contributed by atoms with van der Waals surface area (Å²) in [6.45, 7) is 1.51. The van der Waals surface area contributed by atoms with Crippen LogP contribution in [0.2, 0.25) is 0 Å².